The molecule has 2 unspecified atom stereocenters. The molecule has 1 aliphatic rings. The smallest absolute Gasteiger partial charge is 0.184 e. The van der Waals surface area contributed by atoms with Gasteiger partial charge in [0, 0.05) is 12.8 Å². The number of benzene rings is 2. The Morgan fingerprint density at radius 2 is 1.87 bits per heavy atom. The minimum atomic E-state index is -1.48. The van der Waals surface area contributed by atoms with Gasteiger partial charge in [-0.15, -0.1) is 0 Å². The fraction of sp³-hybridized carbons (Fsp3) is 0.368. The van der Waals surface area contributed by atoms with Gasteiger partial charge in [-0.1, -0.05) is 24.3 Å². The summed E-state index contributed by atoms with van der Waals surface area (Å²) in [5.41, 5.74) is 1.52. The van der Waals surface area contributed by atoms with E-state index in [0.29, 0.717) is 18.6 Å². The molecular weight excluding hydrogens is 293 g/mol. The van der Waals surface area contributed by atoms with Crippen LogP contribution < -0.4 is 14.8 Å². The molecule has 1 aliphatic carbocycles. The predicted octanol–water partition coefficient (Wildman–Crippen LogP) is 3.44. The molecule has 4 heteroatoms. The molecule has 0 heterocycles. The van der Waals surface area contributed by atoms with Crippen LogP contribution in [-0.4, -0.2) is 26.1 Å². The van der Waals surface area contributed by atoms with Crippen molar-refractivity contribution in [3.63, 3.8) is 0 Å². The van der Waals surface area contributed by atoms with Gasteiger partial charge in [-0.25, -0.2) is 4.39 Å². The Balaban J connectivity index is 1.83. The highest BCUT2D eigenvalue weighted by molar-refractivity contribution is 5.42. The molecule has 0 radical (unpaired) electrons. The highest BCUT2D eigenvalue weighted by atomic mass is 19.1. The number of hydrogen-bond donors (Lipinski definition) is 1. The minimum Gasteiger partial charge on any atom is -0.497 e. The monoisotopic (exact) mass is 315 g/mol. The summed E-state index contributed by atoms with van der Waals surface area (Å²) in [4.78, 5) is 0. The van der Waals surface area contributed by atoms with E-state index in [-0.39, 0.29) is 0 Å². The van der Waals surface area contributed by atoms with Crippen LogP contribution in [0.2, 0.25) is 0 Å². The summed E-state index contributed by atoms with van der Waals surface area (Å²) in [6.07, 6.45) is -0.0531. The molecule has 1 N–H and O–H groups in total. The van der Waals surface area contributed by atoms with E-state index in [4.69, 9.17) is 9.47 Å². The molecule has 2 aromatic carbocycles. The molecule has 0 spiro atoms. The van der Waals surface area contributed by atoms with Crippen LogP contribution in [0.15, 0.2) is 42.5 Å². The molecule has 3 nitrogen and oxygen atoms in total. The van der Waals surface area contributed by atoms with E-state index in [9.17, 15) is 0 Å². The lowest BCUT2D eigenvalue weighted by Gasteiger charge is -2.30. The number of alkyl halides is 1. The quantitative estimate of drug-likeness (QED) is 0.858. The Hall–Kier alpha value is -2.07. The maximum absolute atomic E-state index is 15.6. The minimum absolute atomic E-state index is 0.316. The summed E-state index contributed by atoms with van der Waals surface area (Å²) in [7, 11) is 3.35. The average molecular weight is 315 g/mol. The maximum atomic E-state index is 15.6. The van der Waals surface area contributed by atoms with Gasteiger partial charge in [0.05, 0.1) is 7.11 Å². The first kappa shape index (κ1) is 15.8. The van der Waals surface area contributed by atoms with Gasteiger partial charge in [0.1, 0.15) is 11.5 Å². The number of halogens is 1. The van der Waals surface area contributed by atoms with Crippen LogP contribution in [0, 0.1) is 6.92 Å². The molecule has 0 saturated heterocycles. The topological polar surface area (TPSA) is 30.5 Å². The third kappa shape index (κ3) is 3.04. The lowest BCUT2D eigenvalue weighted by Crippen LogP contribution is -2.51. The highest BCUT2D eigenvalue weighted by Gasteiger charge is 2.45. The van der Waals surface area contributed by atoms with Crippen LogP contribution in [0.1, 0.15) is 16.7 Å². The van der Waals surface area contributed by atoms with Crippen LogP contribution >= 0.6 is 0 Å². The zero-order valence-corrected chi connectivity index (χ0v) is 13.7. The second-order valence-corrected chi connectivity index (χ2v) is 6.07. The van der Waals surface area contributed by atoms with Crippen molar-refractivity contribution in [3.05, 3.63) is 59.2 Å². The predicted molar refractivity (Wildman–Crippen MR) is 88.9 cm³/mol. The van der Waals surface area contributed by atoms with E-state index < -0.39 is 11.9 Å². The summed E-state index contributed by atoms with van der Waals surface area (Å²) in [6, 6.07) is 13.4. The summed E-state index contributed by atoms with van der Waals surface area (Å²) in [6.45, 7) is 1.96. The number of para-hydroxylation sites is 1. The van der Waals surface area contributed by atoms with Crippen molar-refractivity contribution < 1.29 is 13.9 Å². The molecule has 0 amide bonds. The third-order valence-corrected chi connectivity index (χ3v) is 4.45. The summed E-state index contributed by atoms with van der Waals surface area (Å²) in [5.74, 6) is 1.46. The Morgan fingerprint density at radius 3 is 2.57 bits per heavy atom. The second-order valence-electron chi connectivity index (χ2n) is 6.07. The third-order valence-electron chi connectivity index (χ3n) is 4.45. The van der Waals surface area contributed by atoms with Crippen molar-refractivity contribution in [2.75, 3.05) is 14.2 Å². The van der Waals surface area contributed by atoms with Crippen molar-refractivity contribution in [1.29, 1.82) is 0 Å². The molecule has 0 aliphatic heterocycles. The van der Waals surface area contributed by atoms with Crippen LogP contribution in [-0.2, 0) is 12.8 Å². The molecule has 23 heavy (non-hydrogen) atoms. The van der Waals surface area contributed by atoms with Gasteiger partial charge in [-0.3, -0.25) is 5.32 Å². The van der Waals surface area contributed by atoms with E-state index in [1.807, 2.05) is 49.4 Å². The number of aryl methyl sites for hydroxylation is 1. The highest BCUT2D eigenvalue weighted by Crippen LogP contribution is 2.38. The summed E-state index contributed by atoms with van der Waals surface area (Å²) < 4.78 is 26.8. The molecular formula is C19H22FNO2. The molecule has 3 rings (SSSR count). The van der Waals surface area contributed by atoms with Crippen LogP contribution in [0.5, 0.6) is 11.5 Å². The van der Waals surface area contributed by atoms with Crippen molar-refractivity contribution in [2.45, 2.75) is 31.7 Å². The lowest BCUT2D eigenvalue weighted by molar-refractivity contribution is -0.00148. The van der Waals surface area contributed by atoms with E-state index >= 15 is 4.39 Å². The largest absolute Gasteiger partial charge is 0.497 e. The van der Waals surface area contributed by atoms with E-state index in [1.54, 1.807) is 14.2 Å². The van der Waals surface area contributed by atoms with Crippen molar-refractivity contribution in [2.24, 2.45) is 0 Å². The number of ether oxygens (including phenoxy) is 2. The number of fused-ring (bicyclic) bond motifs is 1. The van der Waals surface area contributed by atoms with Crippen LogP contribution in [0.4, 0.5) is 4.39 Å². The molecule has 122 valence electrons. The SMILES string of the molecule is CNC(Oc1ccccc1C)C1(F)Cc2ccc(OC)cc2C1. The Labute approximate surface area is 136 Å². The lowest BCUT2D eigenvalue weighted by atomic mass is 10.00. The maximum Gasteiger partial charge on any atom is 0.184 e. The number of methoxy groups -OCH3 is 1. The number of hydrogen-bond acceptors (Lipinski definition) is 3. The Bertz CT molecular complexity index is 704. The fourth-order valence-corrected chi connectivity index (χ4v) is 3.19. The number of nitrogens with one attached hydrogen (secondary N) is 1. The zero-order chi connectivity index (χ0) is 16.4. The van der Waals surface area contributed by atoms with Crippen molar-refractivity contribution in [1.82, 2.24) is 5.32 Å². The Kier molecular flexibility index (Phi) is 4.26. The molecule has 0 saturated carbocycles. The Morgan fingerprint density at radius 1 is 1.13 bits per heavy atom. The number of rotatable bonds is 5. The van der Waals surface area contributed by atoms with Gasteiger partial charge < -0.3 is 9.47 Å². The molecule has 0 aromatic heterocycles. The second kappa shape index (κ2) is 6.20. The van der Waals surface area contributed by atoms with E-state index in [1.165, 1.54) is 0 Å². The van der Waals surface area contributed by atoms with E-state index in [0.717, 1.165) is 22.4 Å². The van der Waals surface area contributed by atoms with Crippen molar-refractivity contribution in [3.8, 4) is 11.5 Å². The van der Waals surface area contributed by atoms with Crippen LogP contribution in [0.3, 0.4) is 0 Å². The molecule has 0 bridgehead atoms. The molecule has 2 aromatic rings. The molecule has 0 fully saturated rings. The van der Waals surface area contributed by atoms with Crippen molar-refractivity contribution >= 4 is 0 Å². The summed E-state index contributed by atoms with van der Waals surface area (Å²) in [5, 5.41) is 3.00. The van der Waals surface area contributed by atoms with Gasteiger partial charge >= 0.3 is 0 Å². The van der Waals surface area contributed by atoms with Crippen LogP contribution in [0.25, 0.3) is 0 Å². The normalized spacial score (nSPS) is 20.9. The average Bonchev–Trinajstić information content (AvgIpc) is 2.90. The first-order valence-corrected chi connectivity index (χ1v) is 7.80. The van der Waals surface area contributed by atoms with Gasteiger partial charge in [0.15, 0.2) is 11.9 Å². The standard InChI is InChI=1S/C19H22FNO2/c1-13-6-4-5-7-17(13)23-18(21-2)19(20)11-14-8-9-16(22-3)10-15(14)12-19/h4-10,18,21H,11-12H2,1-3H3. The molecule has 2 atom stereocenters. The van der Waals surface area contributed by atoms with Gasteiger partial charge in [0.25, 0.3) is 0 Å². The van der Waals surface area contributed by atoms with E-state index in [2.05, 4.69) is 5.32 Å². The first-order valence-electron chi connectivity index (χ1n) is 7.80. The first-order chi connectivity index (χ1) is 11.1. The zero-order valence-electron chi connectivity index (χ0n) is 13.7. The fourth-order valence-electron chi connectivity index (χ4n) is 3.19. The van der Waals surface area contributed by atoms with Gasteiger partial charge in [-0.05, 0) is 48.9 Å². The summed E-state index contributed by atoms with van der Waals surface area (Å²) >= 11 is 0. The van der Waals surface area contributed by atoms with Gasteiger partial charge in [-0.2, -0.15) is 0 Å². The van der Waals surface area contributed by atoms with Gasteiger partial charge in [0.2, 0.25) is 0 Å².